The van der Waals surface area contributed by atoms with Gasteiger partial charge in [0.15, 0.2) is 0 Å². The van der Waals surface area contributed by atoms with Gasteiger partial charge < -0.3 is 10.1 Å². The van der Waals surface area contributed by atoms with Gasteiger partial charge in [0.05, 0.1) is 12.6 Å². The highest BCUT2D eigenvalue weighted by molar-refractivity contribution is 9.10. The number of rotatable bonds is 7. The molecule has 17 heavy (non-hydrogen) atoms. The van der Waals surface area contributed by atoms with E-state index in [1.807, 2.05) is 0 Å². The van der Waals surface area contributed by atoms with Crippen LogP contribution in [0.4, 0.5) is 0 Å². The molecule has 0 aliphatic carbocycles. The summed E-state index contributed by atoms with van der Waals surface area (Å²) < 4.78 is 6.81. The number of hydrogen-bond donors (Lipinski definition) is 1. The molecule has 1 aromatic carbocycles. The lowest BCUT2D eigenvalue weighted by atomic mass is 10.1. The van der Waals surface area contributed by atoms with E-state index in [1.165, 1.54) is 11.1 Å². The maximum atomic E-state index is 5.65. The monoisotopic (exact) mass is 299 g/mol. The van der Waals surface area contributed by atoms with Gasteiger partial charge in [0, 0.05) is 11.1 Å². The molecule has 96 valence electrons. The van der Waals surface area contributed by atoms with Crippen molar-refractivity contribution in [2.24, 2.45) is 0 Å². The molecule has 0 fully saturated rings. The van der Waals surface area contributed by atoms with Crippen molar-refractivity contribution in [2.75, 3.05) is 19.8 Å². The molecule has 0 bridgehead atoms. The molecule has 0 amide bonds. The van der Waals surface area contributed by atoms with Gasteiger partial charge in [0.1, 0.15) is 0 Å². The predicted molar refractivity (Wildman–Crippen MR) is 76.4 cm³/mol. The number of nitrogens with one attached hydrogen (secondary N) is 1. The minimum atomic E-state index is 0.290. The van der Waals surface area contributed by atoms with Crippen LogP contribution in [0, 0.1) is 6.92 Å². The molecule has 2 nitrogen and oxygen atoms in total. The highest BCUT2D eigenvalue weighted by Crippen LogP contribution is 2.21. The predicted octanol–water partition coefficient (Wildman–Crippen LogP) is 3.83. The Bertz CT molecular complexity index is 341. The van der Waals surface area contributed by atoms with Crippen LogP contribution in [0.2, 0.25) is 0 Å². The Morgan fingerprint density at radius 3 is 2.71 bits per heavy atom. The van der Waals surface area contributed by atoms with Gasteiger partial charge in [-0.15, -0.1) is 0 Å². The number of benzene rings is 1. The van der Waals surface area contributed by atoms with Gasteiger partial charge >= 0.3 is 0 Å². The Hall–Kier alpha value is -0.380. The molecule has 0 saturated carbocycles. The summed E-state index contributed by atoms with van der Waals surface area (Å²) in [7, 11) is 0. The van der Waals surface area contributed by atoms with Crippen LogP contribution in [0.25, 0.3) is 0 Å². The molecule has 3 heteroatoms. The second-order valence-electron chi connectivity index (χ2n) is 4.19. The molecule has 0 aromatic heterocycles. The van der Waals surface area contributed by atoms with Crippen LogP contribution in [-0.4, -0.2) is 19.8 Å². The van der Waals surface area contributed by atoms with Gasteiger partial charge in [-0.3, -0.25) is 0 Å². The first-order chi connectivity index (χ1) is 8.19. The molecule has 1 rings (SSSR count). The van der Waals surface area contributed by atoms with Crippen LogP contribution < -0.4 is 5.32 Å². The largest absolute Gasteiger partial charge is 0.379 e. The summed E-state index contributed by atoms with van der Waals surface area (Å²) in [5.41, 5.74) is 2.56. The van der Waals surface area contributed by atoms with E-state index in [0.717, 1.165) is 30.7 Å². The van der Waals surface area contributed by atoms with E-state index < -0.39 is 0 Å². The summed E-state index contributed by atoms with van der Waals surface area (Å²) in [6, 6.07) is 6.76. The van der Waals surface area contributed by atoms with Crippen molar-refractivity contribution >= 4 is 15.9 Å². The fraction of sp³-hybridized carbons (Fsp3) is 0.571. The minimum Gasteiger partial charge on any atom is -0.379 e. The van der Waals surface area contributed by atoms with Gasteiger partial charge in [-0.2, -0.15) is 0 Å². The Kier molecular flexibility index (Phi) is 6.78. The van der Waals surface area contributed by atoms with Crippen LogP contribution in [0.15, 0.2) is 22.7 Å². The first kappa shape index (κ1) is 14.7. The van der Waals surface area contributed by atoms with Crippen LogP contribution >= 0.6 is 15.9 Å². The van der Waals surface area contributed by atoms with Gasteiger partial charge in [0.2, 0.25) is 0 Å². The Labute approximate surface area is 113 Å². The lowest BCUT2D eigenvalue weighted by Gasteiger charge is -2.19. The quantitative estimate of drug-likeness (QED) is 0.773. The van der Waals surface area contributed by atoms with Crippen LogP contribution in [-0.2, 0) is 4.74 Å². The van der Waals surface area contributed by atoms with Gasteiger partial charge in [0.25, 0.3) is 0 Å². The highest BCUT2D eigenvalue weighted by Gasteiger charge is 2.11. The normalized spacial score (nSPS) is 12.7. The third-order valence-electron chi connectivity index (χ3n) is 2.67. The summed E-state index contributed by atoms with van der Waals surface area (Å²) in [4.78, 5) is 0. The standard InChI is InChI=1S/C14H22BrNO/c1-4-8-17-10-14(16-5-2)12-6-7-13(15)11(3)9-12/h6-7,9,14,16H,4-5,8,10H2,1-3H3. The fourth-order valence-corrected chi connectivity index (χ4v) is 2.00. The van der Waals surface area contributed by atoms with Gasteiger partial charge in [-0.05, 0) is 37.1 Å². The fourth-order valence-electron chi connectivity index (χ4n) is 1.75. The average Bonchev–Trinajstić information content (AvgIpc) is 2.32. The molecule has 1 atom stereocenters. The topological polar surface area (TPSA) is 21.3 Å². The number of halogens is 1. The minimum absolute atomic E-state index is 0.290. The number of ether oxygens (including phenoxy) is 1. The van der Waals surface area contributed by atoms with E-state index in [-0.39, 0.29) is 0 Å². The zero-order chi connectivity index (χ0) is 12.7. The Morgan fingerprint density at radius 2 is 2.12 bits per heavy atom. The Morgan fingerprint density at radius 1 is 1.35 bits per heavy atom. The summed E-state index contributed by atoms with van der Waals surface area (Å²) in [5, 5.41) is 3.46. The van der Waals surface area contributed by atoms with Crippen molar-refractivity contribution in [1.29, 1.82) is 0 Å². The maximum Gasteiger partial charge on any atom is 0.0661 e. The molecule has 1 N–H and O–H groups in total. The van der Waals surface area contributed by atoms with Crippen molar-refractivity contribution in [3.8, 4) is 0 Å². The lowest BCUT2D eigenvalue weighted by Crippen LogP contribution is -2.25. The van der Waals surface area contributed by atoms with Gasteiger partial charge in [-0.1, -0.05) is 41.9 Å². The summed E-state index contributed by atoms with van der Waals surface area (Å²) >= 11 is 3.53. The summed E-state index contributed by atoms with van der Waals surface area (Å²) in [5.74, 6) is 0. The number of likely N-dealkylation sites (N-methyl/N-ethyl adjacent to an activating group) is 1. The molecule has 0 heterocycles. The van der Waals surface area contributed by atoms with Crippen LogP contribution in [0.5, 0.6) is 0 Å². The molecule has 0 aliphatic rings. The van der Waals surface area contributed by atoms with Crippen molar-refractivity contribution in [3.63, 3.8) is 0 Å². The third-order valence-corrected chi connectivity index (χ3v) is 3.56. The summed E-state index contributed by atoms with van der Waals surface area (Å²) in [6.07, 6.45) is 1.07. The molecule has 1 aromatic rings. The smallest absolute Gasteiger partial charge is 0.0661 e. The molecule has 1 unspecified atom stereocenters. The highest BCUT2D eigenvalue weighted by atomic mass is 79.9. The first-order valence-electron chi connectivity index (χ1n) is 6.26. The molecule has 0 aliphatic heterocycles. The summed E-state index contributed by atoms with van der Waals surface area (Å²) in [6.45, 7) is 8.89. The Balaban J connectivity index is 2.70. The molecule has 0 saturated heterocycles. The van der Waals surface area contributed by atoms with Gasteiger partial charge in [-0.25, -0.2) is 0 Å². The average molecular weight is 300 g/mol. The van der Waals surface area contributed by atoms with E-state index >= 15 is 0 Å². The number of hydrogen-bond acceptors (Lipinski definition) is 2. The van der Waals surface area contributed by atoms with E-state index in [4.69, 9.17) is 4.74 Å². The third kappa shape index (κ3) is 4.78. The zero-order valence-corrected chi connectivity index (χ0v) is 12.5. The number of aryl methyl sites for hydroxylation is 1. The van der Waals surface area contributed by atoms with E-state index in [0.29, 0.717) is 6.04 Å². The van der Waals surface area contributed by atoms with Crippen LogP contribution in [0.3, 0.4) is 0 Å². The van der Waals surface area contributed by atoms with E-state index in [1.54, 1.807) is 0 Å². The second kappa shape index (κ2) is 7.85. The molecule has 0 radical (unpaired) electrons. The molecular formula is C14H22BrNO. The van der Waals surface area contributed by atoms with Crippen molar-refractivity contribution in [1.82, 2.24) is 5.32 Å². The van der Waals surface area contributed by atoms with Crippen molar-refractivity contribution in [3.05, 3.63) is 33.8 Å². The van der Waals surface area contributed by atoms with E-state index in [9.17, 15) is 0 Å². The second-order valence-corrected chi connectivity index (χ2v) is 5.05. The molecule has 0 spiro atoms. The molecular weight excluding hydrogens is 278 g/mol. The zero-order valence-electron chi connectivity index (χ0n) is 10.9. The SMILES string of the molecule is CCCOCC(NCC)c1ccc(Br)c(C)c1. The first-order valence-corrected chi connectivity index (χ1v) is 7.05. The van der Waals surface area contributed by atoms with Crippen LogP contribution in [0.1, 0.15) is 37.4 Å². The maximum absolute atomic E-state index is 5.65. The lowest BCUT2D eigenvalue weighted by molar-refractivity contribution is 0.112. The van der Waals surface area contributed by atoms with E-state index in [2.05, 4.69) is 60.2 Å². The van der Waals surface area contributed by atoms with Crippen molar-refractivity contribution in [2.45, 2.75) is 33.2 Å². The van der Waals surface area contributed by atoms with Crippen molar-refractivity contribution < 1.29 is 4.74 Å².